The fraction of sp³-hybridized carbons (Fsp3) is 0.379. The molecular weight excluding hydrogens is 539 g/mol. The Morgan fingerprint density at radius 2 is 1.36 bits per heavy atom. The van der Waals surface area contributed by atoms with Crippen molar-refractivity contribution in [1.82, 2.24) is 0 Å². The second-order valence-electron chi connectivity index (χ2n) is 9.88. The van der Waals surface area contributed by atoms with Crippen LogP contribution in [0.2, 0.25) is 13.1 Å². The Bertz CT molecular complexity index is 1230. The van der Waals surface area contributed by atoms with Crippen LogP contribution in [0.5, 0.6) is 0 Å². The van der Waals surface area contributed by atoms with Crippen molar-refractivity contribution in [1.29, 1.82) is 0 Å². The van der Waals surface area contributed by atoms with Gasteiger partial charge in [0, 0.05) is 0 Å². The summed E-state index contributed by atoms with van der Waals surface area (Å²) in [5.74, 6) is 0.655. The summed E-state index contributed by atoms with van der Waals surface area (Å²) < 4.78 is 2.58. The van der Waals surface area contributed by atoms with Gasteiger partial charge in [0.05, 0.1) is 0 Å². The first kappa shape index (κ1) is 28.6. The first-order valence-electron chi connectivity index (χ1n) is 11.6. The summed E-state index contributed by atoms with van der Waals surface area (Å²) in [6.45, 7) is 21.6. The second-order valence-corrected chi connectivity index (χ2v) is 27.3. The third-order valence-electron chi connectivity index (χ3n) is 7.83. The van der Waals surface area contributed by atoms with Crippen molar-refractivity contribution in [2.75, 3.05) is 0 Å². The Hall–Kier alpha value is -0.660. The number of hydrogen-bond donors (Lipinski definition) is 0. The van der Waals surface area contributed by atoms with Gasteiger partial charge >= 0.3 is 198 Å². The zero-order valence-corrected chi connectivity index (χ0v) is 26.4. The molecule has 0 saturated heterocycles. The van der Waals surface area contributed by atoms with E-state index in [0.717, 1.165) is 0 Å². The minimum Gasteiger partial charge on any atom is -1.00 e. The molecule has 0 amide bonds. The summed E-state index contributed by atoms with van der Waals surface area (Å²) in [5.41, 5.74) is 14.7. The number of hydrogen-bond acceptors (Lipinski definition) is 0. The maximum Gasteiger partial charge on any atom is -1.00 e. The molecule has 2 atom stereocenters. The van der Waals surface area contributed by atoms with Crippen LogP contribution in [-0.4, -0.2) is 5.43 Å². The Morgan fingerprint density at radius 3 is 1.94 bits per heavy atom. The summed E-state index contributed by atoms with van der Waals surface area (Å²) in [6.07, 6.45) is 2.71. The van der Waals surface area contributed by atoms with Crippen LogP contribution in [-0.2, 0) is 20.4 Å². The monoisotopic (exact) mass is 572 g/mol. The Morgan fingerprint density at radius 1 is 0.758 bits per heavy atom. The predicted octanol–water partition coefficient (Wildman–Crippen LogP) is 2.24. The SMILES string of the molecule is CC1=C(C)C(C)[C]([Zr+2]([CH]2C=C(c3cc(C)c(C)cc3C)c3ccccc32)=[Si](C)C)=C1C.[Cl-].[Cl-]. The summed E-state index contributed by atoms with van der Waals surface area (Å²) >= 11 is -1.93. The number of halogens is 2. The van der Waals surface area contributed by atoms with Gasteiger partial charge in [-0.2, -0.15) is 0 Å². The predicted molar refractivity (Wildman–Crippen MR) is 135 cm³/mol. The van der Waals surface area contributed by atoms with E-state index in [0.29, 0.717) is 9.54 Å². The molecule has 2 unspecified atom stereocenters. The first-order chi connectivity index (χ1) is 14.6. The quantitative estimate of drug-likeness (QED) is 0.494. The number of benzene rings is 2. The topological polar surface area (TPSA) is 0 Å². The Balaban J connectivity index is 0.00000193. The zero-order chi connectivity index (χ0) is 22.6. The number of rotatable bonds is 3. The van der Waals surface area contributed by atoms with Gasteiger partial charge in [-0.15, -0.1) is 0 Å². The van der Waals surface area contributed by atoms with Crippen LogP contribution in [0.15, 0.2) is 62.5 Å². The molecule has 0 saturated carbocycles. The molecule has 0 aromatic heterocycles. The van der Waals surface area contributed by atoms with Gasteiger partial charge in [-0.3, -0.25) is 0 Å². The van der Waals surface area contributed by atoms with Gasteiger partial charge in [-0.05, 0) is 0 Å². The maximum atomic E-state index is 2.71. The van der Waals surface area contributed by atoms with Crippen LogP contribution < -0.4 is 24.8 Å². The molecule has 174 valence electrons. The third-order valence-corrected chi connectivity index (χ3v) is 26.4. The molecule has 0 fully saturated rings. The van der Waals surface area contributed by atoms with Crippen LogP contribution in [0.1, 0.15) is 64.7 Å². The van der Waals surface area contributed by atoms with E-state index >= 15 is 0 Å². The molecule has 33 heavy (non-hydrogen) atoms. The van der Waals surface area contributed by atoms with E-state index in [2.05, 4.69) is 104 Å². The largest absolute Gasteiger partial charge is 1.00 e. The molecule has 2 aromatic rings. The fourth-order valence-corrected chi connectivity index (χ4v) is 25.3. The molecule has 0 aliphatic heterocycles. The molecule has 2 aliphatic rings. The number of aryl methyl sites for hydroxylation is 3. The van der Waals surface area contributed by atoms with Gasteiger partial charge in [0.15, 0.2) is 0 Å². The summed E-state index contributed by atoms with van der Waals surface area (Å²) in [4.78, 5) is 0. The number of fused-ring (bicyclic) bond motifs is 1. The van der Waals surface area contributed by atoms with Crippen molar-refractivity contribution in [2.45, 2.75) is 65.2 Å². The number of allylic oxidation sites excluding steroid dienone is 5. The van der Waals surface area contributed by atoms with Gasteiger partial charge in [-0.1, -0.05) is 0 Å². The van der Waals surface area contributed by atoms with Crippen molar-refractivity contribution >= 4 is 11.0 Å². The zero-order valence-electron chi connectivity index (χ0n) is 21.5. The summed E-state index contributed by atoms with van der Waals surface area (Å²) in [7, 11) is 0. The molecule has 4 rings (SSSR count). The van der Waals surface area contributed by atoms with E-state index in [1.807, 2.05) is 3.28 Å². The summed E-state index contributed by atoms with van der Waals surface area (Å²) in [5, 5.41) is 0. The molecule has 0 bridgehead atoms. The molecule has 4 heteroatoms. The normalized spacial score (nSPS) is 18.8. The van der Waals surface area contributed by atoms with E-state index in [1.54, 1.807) is 22.3 Å². The average Bonchev–Trinajstić information content (AvgIpc) is 3.18. The van der Waals surface area contributed by atoms with Crippen molar-refractivity contribution < 1.29 is 45.2 Å². The first-order valence-corrected chi connectivity index (χ1v) is 20.4. The van der Waals surface area contributed by atoms with Gasteiger partial charge in [0.2, 0.25) is 0 Å². The van der Waals surface area contributed by atoms with Gasteiger partial charge in [0.1, 0.15) is 0 Å². The van der Waals surface area contributed by atoms with E-state index in [-0.39, 0.29) is 30.2 Å². The standard InChI is InChI=1S/C18H17.C9H13.C2H6Si.2ClH.Zr/c1-12-10-14(3)18(11-13(12)2)17-9-8-15-6-4-5-7-16(15)17;1-6-5-7(2)9(4)8(6)3;1-3-2;;;/h4-11H,1-3H3;6H,1-4H3;1-2H3;2*1H;/q;;;;;+2/p-2. The van der Waals surface area contributed by atoms with Crippen molar-refractivity contribution in [3.05, 3.63) is 95.9 Å². The molecule has 0 heterocycles. The van der Waals surface area contributed by atoms with E-state index < -0.39 is 20.4 Å². The smallest absolute Gasteiger partial charge is 1.00 e. The van der Waals surface area contributed by atoms with E-state index in [1.165, 1.54) is 33.4 Å². The molecule has 2 aromatic carbocycles. The van der Waals surface area contributed by atoms with Crippen molar-refractivity contribution in [3.8, 4) is 0 Å². The van der Waals surface area contributed by atoms with Gasteiger partial charge in [-0.25, -0.2) is 0 Å². The van der Waals surface area contributed by atoms with Crippen LogP contribution >= 0.6 is 0 Å². The molecule has 2 aliphatic carbocycles. The van der Waals surface area contributed by atoms with E-state index in [9.17, 15) is 0 Å². The maximum absolute atomic E-state index is 2.71. The minimum absolute atomic E-state index is 0. The fourth-order valence-electron chi connectivity index (χ4n) is 5.63. The van der Waals surface area contributed by atoms with Crippen LogP contribution in [0, 0.1) is 26.7 Å². The molecule has 0 N–H and O–H groups in total. The van der Waals surface area contributed by atoms with Crippen LogP contribution in [0.4, 0.5) is 0 Å². The second kappa shape index (κ2) is 10.9. The summed E-state index contributed by atoms with van der Waals surface area (Å²) in [6, 6.07) is 14.1. The Labute approximate surface area is 221 Å². The van der Waals surface area contributed by atoms with Crippen LogP contribution in [0.3, 0.4) is 0 Å². The van der Waals surface area contributed by atoms with Gasteiger partial charge in [0.25, 0.3) is 0 Å². The molecule has 0 nitrogen and oxygen atoms in total. The van der Waals surface area contributed by atoms with E-state index in [4.69, 9.17) is 0 Å². The van der Waals surface area contributed by atoms with Gasteiger partial charge < -0.3 is 24.8 Å². The average molecular weight is 575 g/mol. The van der Waals surface area contributed by atoms with Crippen molar-refractivity contribution in [2.24, 2.45) is 5.92 Å². The molecule has 0 spiro atoms. The molecule has 0 radical (unpaired) electrons. The Kier molecular flexibility index (Phi) is 9.48. The third kappa shape index (κ3) is 4.88. The minimum atomic E-state index is -1.93. The van der Waals surface area contributed by atoms with Crippen LogP contribution in [0.25, 0.3) is 5.57 Å². The van der Waals surface area contributed by atoms with Crippen molar-refractivity contribution in [3.63, 3.8) is 0 Å². The molecular formula is C29H36Cl2SiZr.